The molecule has 0 bridgehead atoms. The molecular weight excluding hydrogens is 471 g/mol. The van der Waals surface area contributed by atoms with E-state index in [1.807, 2.05) is 24.3 Å². The number of nitrogens with zero attached hydrogens (tertiary/aromatic N) is 2. The van der Waals surface area contributed by atoms with E-state index >= 15 is 0 Å². The quantitative estimate of drug-likeness (QED) is 0.479. The Morgan fingerprint density at radius 1 is 0.971 bits per heavy atom. The Hall–Kier alpha value is -1.79. The molecule has 0 aliphatic carbocycles. The van der Waals surface area contributed by atoms with E-state index in [0.717, 1.165) is 70.6 Å². The fourth-order valence-corrected chi connectivity index (χ4v) is 5.46. The zero-order valence-corrected chi connectivity index (χ0v) is 21.1. The van der Waals surface area contributed by atoms with Gasteiger partial charge in [-0.3, -0.25) is 9.69 Å². The van der Waals surface area contributed by atoms with Gasteiger partial charge in [-0.2, -0.15) is 0 Å². The molecular formula is C27H34Cl2N2O3. The van der Waals surface area contributed by atoms with Crippen LogP contribution in [-0.4, -0.2) is 65.7 Å². The van der Waals surface area contributed by atoms with Crippen LogP contribution in [0, 0.1) is 5.92 Å². The van der Waals surface area contributed by atoms with Crippen LogP contribution in [0.1, 0.15) is 37.7 Å². The van der Waals surface area contributed by atoms with Crippen molar-refractivity contribution in [2.75, 3.05) is 32.7 Å². The van der Waals surface area contributed by atoms with Crippen LogP contribution >= 0.6 is 23.2 Å². The molecule has 34 heavy (non-hydrogen) atoms. The Bertz CT molecular complexity index is 927. The van der Waals surface area contributed by atoms with Crippen LogP contribution in [0.4, 0.5) is 0 Å². The predicted octanol–water partition coefficient (Wildman–Crippen LogP) is 5.63. The molecule has 0 saturated carbocycles. The summed E-state index contributed by atoms with van der Waals surface area (Å²) < 4.78 is 6.12. The summed E-state index contributed by atoms with van der Waals surface area (Å²) in [5, 5.41) is 10.9. The van der Waals surface area contributed by atoms with Crippen molar-refractivity contribution in [2.45, 2.75) is 50.7 Å². The first-order chi connectivity index (χ1) is 16.5. The molecule has 1 N–H and O–H groups in total. The summed E-state index contributed by atoms with van der Waals surface area (Å²) in [5.41, 5.74) is 1.20. The van der Waals surface area contributed by atoms with Gasteiger partial charge in [-0.25, -0.2) is 0 Å². The average molecular weight is 505 g/mol. The first kappa shape index (κ1) is 25.3. The second kappa shape index (κ2) is 12.3. The number of ether oxygens (including phenoxy) is 1. The van der Waals surface area contributed by atoms with Crippen molar-refractivity contribution in [3.8, 4) is 5.75 Å². The summed E-state index contributed by atoms with van der Waals surface area (Å²) in [4.78, 5) is 16.7. The molecule has 0 amide bonds. The van der Waals surface area contributed by atoms with E-state index in [4.69, 9.17) is 27.9 Å². The zero-order chi connectivity index (χ0) is 23.9. The molecule has 0 radical (unpaired) electrons. The van der Waals surface area contributed by atoms with Crippen molar-refractivity contribution in [2.24, 2.45) is 5.92 Å². The number of carboxylic acids is 1. The predicted molar refractivity (Wildman–Crippen MR) is 137 cm³/mol. The highest BCUT2D eigenvalue weighted by Crippen LogP contribution is 2.29. The largest absolute Gasteiger partial charge is 0.490 e. The summed E-state index contributed by atoms with van der Waals surface area (Å²) >= 11 is 12.1. The standard InChI is InChI=1S/C27H34Cl2N2O3/c28-24-8-7-23(18-25(24)29)34-22-12-14-30(15-13-22)19-21-10-16-31(17-11-21)26(27(32)33)9-6-20-4-2-1-3-5-20/h1-5,7-8,18,21-22,26H,6,9-17,19H2,(H,32,33)/t26-/m0/s1. The molecule has 2 aromatic rings. The van der Waals surface area contributed by atoms with Crippen molar-refractivity contribution in [3.05, 3.63) is 64.1 Å². The van der Waals surface area contributed by atoms with Gasteiger partial charge in [0.05, 0.1) is 10.0 Å². The van der Waals surface area contributed by atoms with Crippen LogP contribution in [0.15, 0.2) is 48.5 Å². The average Bonchev–Trinajstić information content (AvgIpc) is 2.84. The summed E-state index contributed by atoms with van der Waals surface area (Å²) in [5.74, 6) is 0.714. The maximum atomic E-state index is 11.9. The number of carboxylic acid groups (broad SMARTS) is 1. The van der Waals surface area contributed by atoms with Gasteiger partial charge in [0.25, 0.3) is 0 Å². The van der Waals surface area contributed by atoms with Gasteiger partial charge < -0.3 is 14.7 Å². The van der Waals surface area contributed by atoms with E-state index in [1.165, 1.54) is 5.56 Å². The minimum Gasteiger partial charge on any atom is -0.490 e. The van der Waals surface area contributed by atoms with Crippen LogP contribution in [0.3, 0.4) is 0 Å². The van der Waals surface area contributed by atoms with Crippen LogP contribution in [0.5, 0.6) is 5.75 Å². The number of aliphatic carboxylic acids is 1. The van der Waals surface area contributed by atoms with Crippen LogP contribution in [0.2, 0.25) is 10.0 Å². The summed E-state index contributed by atoms with van der Waals surface area (Å²) in [6, 6.07) is 15.2. The maximum Gasteiger partial charge on any atom is 0.320 e. The van der Waals surface area contributed by atoms with Gasteiger partial charge in [-0.1, -0.05) is 53.5 Å². The molecule has 0 spiro atoms. The molecule has 7 heteroatoms. The third-order valence-corrected chi connectivity index (χ3v) is 7.91. The summed E-state index contributed by atoms with van der Waals surface area (Å²) in [6.45, 7) is 4.89. The molecule has 2 aliphatic rings. The highest BCUT2D eigenvalue weighted by Gasteiger charge is 2.31. The highest BCUT2D eigenvalue weighted by molar-refractivity contribution is 6.42. The maximum absolute atomic E-state index is 11.9. The van der Waals surface area contributed by atoms with Gasteiger partial charge in [0.15, 0.2) is 0 Å². The SMILES string of the molecule is O=C(O)[C@H](CCc1ccccc1)N1CCC(CN2CCC(Oc3ccc(Cl)c(Cl)c3)CC2)CC1. The second-order valence-electron chi connectivity index (χ2n) is 9.55. The summed E-state index contributed by atoms with van der Waals surface area (Å²) in [6.07, 6.45) is 5.80. The van der Waals surface area contributed by atoms with Gasteiger partial charge in [0.2, 0.25) is 0 Å². The summed E-state index contributed by atoms with van der Waals surface area (Å²) in [7, 11) is 0. The molecule has 0 unspecified atom stereocenters. The number of likely N-dealkylation sites (tertiary alicyclic amines) is 2. The van der Waals surface area contributed by atoms with Gasteiger partial charge in [0.1, 0.15) is 17.9 Å². The van der Waals surface area contributed by atoms with Crippen LogP contribution < -0.4 is 4.74 Å². The molecule has 2 aliphatic heterocycles. The van der Waals surface area contributed by atoms with E-state index in [9.17, 15) is 9.90 Å². The Labute approximate surface area is 212 Å². The molecule has 2 aromatic carbocycles. The molecule has 1 atom stereocenters. The Kier molecular flexibility index (Phi) is 9.12. The zero-order valence-electron chi connectivity index (χ0n) is 19.5. The first-order valence-electron chi connectivity index (χ1n) is 12.3. The smallest absolute Gasteiger partial charge is 0.320 e. The number of carbonyl (C=O) groups is 1. The van der Waals surface area contributed by atoms with E-state index < -0.39 is 12.0 Å². The van der Waals surface area contributed by atoms with Crippen molar-refractivity contribution >= 4 is 29.2 Å². The minimum atomic E-state index is -0.696. The number of rotatable bonds is 9. The minimum absolute atomic E-state index is 0.205. The first-order valence-corrected chi connectivity index (χ1v) is 13.1. The molecule has 184 valence electrons. The Balaban J connectivity index is 1.18. The van der Waals surface area contributed by atoms with Crippen molar-refractivity contribution < 1.29 is 14.6 Å². The van der Waals surface area contributed by atoms with Crippen molar-refractivity contribution in [1.82, 2.24) is 9.80 Å². The topological polar surface area (TPSA) is 53.0 Å². The van der Waals surface area contributed by atoms with E-state index in [0.29, 0.717) is 22.4 Å². The molecule has 0 aromatic heterocycles. The van der Waals surface area contributed by atoms with Crippen molar-refractivity contribution in [1.29, 1.82) is 0 Å². The third kappa shape index (κ3) is 7.11. The lowest BCUT2D eigenvalue weighted by Gasteiger charge is -2.39. The normalized spacial score (nSPS) is 19.7. The second-order valence-corrected chi connectivity index (χ2v) is 10.4. The van der Waals surface area contributed by atoms with E-state index in [2.05, 4.69) is 21.9 Å². The number of hydrogen-bond acceptors (Lipinski definition) is 4. The van der Waals surface area contributed by atoms with Gasteiger partial charge in [0, 0.05) is 25.7 Å². The Morgan fingerprint density at radius 3 is 2.32 bits per heavy atom. The van der Waals surface area contributed by atoms with Crippen molar-refractivity contribution in [3.63, 3.8) is 0 Å². The number of benzene rings is 2. The lowest BCUT2D eigenvalue weighted by atomic mass is 9.93. The third-order valence-electron chi connectivity index (χ3n) is 7.17. The lowest BCUT2D eigenvalue weighted by Crippen LogP contribution is -2.48. The van der Waals surface area contributed by atoms with E-state index in [1.54, 1.807) is 12.1 Å². The molecule has 2 heterocycles. The molecule has 5 nitrogen and oxygen atoms in total. The van der Waals surface area contributed by atoms with Crippen LogP contribution in [0.25, 0.3) is 0 Å². The molecule has 4 rings (SSSR count). The molecule has 2 fully saturated rings. The number of piperidine rings is 2. The fraction of sp³-hybridized carbons (Fsp3) is 0.519. The van der Waals surface area contributed by atoms with Gasteiger partial charge in [-0.15, -0.1) is 0 Å². The Morgan fingerprint density at radius 2 is 1.68 bits per heavy atom. The highest BCUT2D eigenvalue weighted by atomic mass is 35.5. The number of hydrogen-bond donors (Lipinski definition) is 1. The monoisotopic (exact) mass is 504 g/mol. The number of aryl methyl sites for hydroxylation is 1. The van der Waals surface area contributed by atoms with Gasteiger partial charge in [-0.05, 0) is 75.2 Å². The molecule has 2 saturated heterocycles. The van der Waals surface area contributed by atoms with Crippen LogP contribution in [-0.2, 0) is 11.2 Å². The van der Waals surface area contributed by atoms with Gasteiger partial charge >= 0.3 is 5.97 Å². The van der Waals surface area contributed by atoms with E-state index in [-0.39, 0.29) is 6.10 Å². The lowest BCUT2D eigenvalue weighted by molar-refractivity contribution is -0.144. The fourth-order valence-electron chi connectivity index (χ4n) is 5.17. The number of halogens is 2.